The van der Waals surface area contributed by atoms with Gasteiger partial charge in [0.15, 0.2) is 17.5 Å². The highest BCUT2D eigenvalue weighted by atomic mass is 16.5. The molecule has 3 N–H and O–H groups in total. The summed E-state index contributed by atoms with van der Waals surface area (Å²) in [6.45, 7) is 5.07. The summed E-state index contributed by atoms with van der Waals surface area (Å²) in [6, 6.07) is 12.1. The third-order valence-electron chi connectivity index (χ3n) is 4.89. The Bertz CT molecular complexity index is 872. The number of carboxylic acid groups (broad SMARTS) is 1. The van der Waals surface area contributed by atoms with Crippen LogP contribution in [-0.2, 0) is 16.1 Å². The number of unbranched alkanes of at least 4 members (excludes halogenated alkanes) is 2. The minimum absolute atomic E-state index is 0.0195. The minimum atomic E-state index is -1.61. The highest BCUT2D eigenvalue weighted by Gasteiger charge is 2.31. The van der Waals surface area contributed by atoms with Crippen molar-refractivity contribution in [3.05, 3.63) is 59.7 Å². The molecule has 0 aliphatic rings. The van der Waals surface area contributed by atoms with Crippen molar-refractivity contribution in [1.29, 1.82) is 0 Å². The van der Waals surface area contributed by atoms with E-state index in [0.29, 0.717) is 24.7 Å². The lowest BCUT2D eigenvalue weighted by molar-refractivity contribution is -0.142. The number of aliphatic hydroxyl groups excluding tert-OH is 1. The van der Waals surface area contributed by atoms with Crippen LogP contribution in [0.5, 0.6) is 11.5 Å². The zero-order chi connectivity index (χ0) is 24.1. The van der Waals surface area contributed by atoms with Crippen LogP contribution in [0.4, 0.5) is 4.79 Å². The smallest absolute Gasteiger partial charge is 0.408 e. The maximum Gasteiger partial charge on any atom is 0.408 e. The molecule has 0 unspecified atom stereocenters. The zero-order valence-electron chi connectivity index (χ0n) is 19.2. The van der Waals surface area contributed by atoms with Gasteiger partial charge in [0.25, 0.3) is 0 Å². The Kier molecular flexibility index (Phi) is 11.0. The van der Waals surface area contributed by atoms with Gasteiger partial charge in [0.1, 0.15) is 12.7 Å². The van der Waals surface area contributed by atoms with Crippen molar-refractivity contribution in [2.45, 2.75) is 58.3 Å². The minimum Gasteiger partial charge on any atom is -0.490 e. The molecule has 0 saturated heterocycles. The van der Waals surface area contributed by atoms with Crippen LogP contribution in [0.3, 0.4) is 0 Å². The third-order valence-corrected chi connectivity index (χ3v) is 4.89. The highest BCUT2D eigenvalue weighted by Crippen LogP contribution is 2.32. The fourth-order valence-corrected chi connectivity index (χ4v) is 2.95. The van der Waals surface area contributed by atoms with Gasteiger partial charge in [0, 0.05) is 0 Å². The summed E-state index contributed by atoms with van der Waals surface area (Å²) in [4.78, 5) is 23.9. The number of carboxylic acids is 1. The van der Waals surface area contributed by atoms with Gasteiger partial charge in [0.05, 0.1) is 13.2 Å². The van der Waals surface area contributed by atoms with Crippen LogP contribution >= 0.6 is 0 Å². The molecule has 0 aromatic heterocycles. The molecule has 33 heavy (non-hydrogen) atoms. The molecule has 8 heteroatoms. The van der Waals surface area contributed by atoms with Crippen molar-refractivity contribution in [3.8, 4) is 11.5 Å². The molecule has 0 bridgehead atoms. The van der Waals surface area contributed by atoms with Gasteiger partial charge in [-0.1, -0.05) is 63.1 Å². The number of alkyl carbamates (subject to hydrolysis) is 1. The van der Waals surface area contributed by atoms with E-state index in [1.165, 1.54) is 0 Å². The first-order valence-corrected chi connectivity index (χ1v) is 11.2. The molecule has 2 aromatic carbocycles. The summed E-state index contributed by atoms with van der Waals surface area (Å²) in [5.41, 5.74) is 1.03. The van der Waals surface area contributed by atoms with Gasteiger partial charge in [-0.2, -0.15) is 0 Å². The van der Waals surface area contributed by atoms with Crippen LogP contribution in [0.25, 0.3) is 0 Å². The molecule has 0 aliphatic carbocycles. The third kappa shape index (κ3) is 8.65. The molecule has 0 aliphatic heterocycles. The number of carbonyl (C=O) groups is 2. The van der Waals surface area contributed by atoms with E-state index in [0.717, 1.165) is 31.2 Å². The second-order valence-electron chi connectivity index (χ2n) is 7.58. The standard InChI is InChI=1S/C25H33NO7/c1-3-5-14-31-20-13-12-19(16-21(20)32-15-6-4-2)23(27)22(24(28)29)26-25(30)33-17-18-10-8-7-9-11-18/h7-13,16,22-23,27H,3-6,14-15,17H2,1-2H3,(H,26,30)(H,28,29)/t22-,23+/m0/s1. The van der Waals surface area contributed by atoms with Gasteiger partial charge in [-0.15, -0.1) is 0 Å². The number of amides is 1. The van der Waals surface area contributed by atoms with Crippen LogP contribution in [-0.4, -0.2) is 41.5 Å². The molecular weight excluding hydrogens is 426 g/mol. The van der Waals surface area contributed by atoms with Crippen LogP contribution in [0.15, 0.2) is 48.5 Å². The fourth-order valence-electron chi connectivity index (χ4n) is 2.95. The topological polar surface area (TPSA) is 114 Å². The molecule has 2 atom stereocenters. The molecule has 0 spiro atoms. The Balaban J connectivity index is 2.10. The molecule has 180 valence electrons. The maximum absolute atomic E-state index is 12.2. The van der Waals surface area contributed by atoms with Crippen molar-refractivity contribution in [2.24, 2.45) is 0 Å². The molecule has 2 rings (SSSR count). The molecule has 0 fully saturated rings. The van der Waals surface area contributed by atoms with Gasteiger partial charge in [-0.05, 0) is 36.1 Å². The Morgan fingerprint density at radius 3 is 2.18 bits per heavy atom. The number of ether oxygens (including phenoxy) is 3. The molecular formula is C25H33NO7. The van der Waals surface area contributed by atoms with E-state index >= 15 is 0 Å². The summed E-state index contributed by atoms with van der Waals surface area (Å²) >= 11 is 0. The first-order chi connectivity index (χ1) is 16.0. The number of hydrogen-bond donors (Lipinski definition) is 3. The van der Waals surface area contributed by atoms with Crippen molar-refractivity contribution in [3.63, 3.8) is 0 Å². The van der Waals surface area contributed by atoms with E-state index < -0.39 is 24.2 Å². The summed E-state index contributed by atoms with van der Waals surface area (Å²) < 4.78 is 16.7. The van der Waals surface area contributed by atoms with Crippen molar-refractivity contribution in [2.75, 3.05) is 13.2 Å². The van der Waals surface area contributed by atoms with E-state index in [1.807, 2.05) is 13.0 Å². The number of rotatable bonds is 14. The van der Waals surface area contributed by atoms with Gasteiger partial charge in [-0.3, -0.25) is 0 Å². The first kappa shape index (κ1) is 26.0. The van der Waals surface area contributed by atoms with E-state index in [9.17, 15) is 19.8 Å². The summed E-state index contributed by atoms with van der Waals surface area (Å²) in [6.07, 6.45) is 1.19. The first-order valence-electron chi connectivity index (χ1n) is 11.2. The molecule has 0 saturated carbocycles. The van der Waals surface area contributed by atoms with Gasteiger partial charge in [-0.25, -0.2) is 9.59 Å². The number of aliphatic carboxylic acids is 1. The van der Waals surface area contributed by atoms with E-state index in [4.69, 9.17) is 14.2 Å². The predicted molar refractivity (Wildman–Crippen MR) is 123 cm³/mol. The number of benzene rings is 2. The average molecular weight is 460 g/mol. The zero-order valence-corrected chi connectivity index (χ0v) is 19.2. The molecule has 8 nitrogen and oxygen atoms in total. The Morgan fingerprint density at radius 2 is 1.58 bits per heavy atom. The van der Waals surface area contributed by atoms with Crippen LogP contribution in [0.2, 0.25) is 0 Å². The van der Waals surface area contributed by atoms with Gasteiger partial charge in [0.2, 0.25) is 0 Å². The Hall–Kier alpha value is -3.26. The lowest BCUT2D eigenvalue weighted by atomic mass is 10.0. The second-order valence-corrected chi connectivity index (χ2v) is 7.58. The second kappa shape index (κ2) is 14.0. The summed E-state index contributed by atoms with van der Waals surface area (Å²) in [5.74, 6) is -0.444. The largest absolute Gasteiger partial charge is 0.490 e. The van der Waals surface area contributed by atoms with Gasteiger partial charge >= 0.3 is 12.1 Å². The van der Waals surface area contributed by atoms with Gasteiger partial charge < -0.3 is 29.7 Å². The van der Waals surface area contributed by atoms with Crippen LogP contribution < -0.4 is 14.8 Å². The molecule has 0 radical (unpaired) electrons. The lowest BCUT2D eigenvalue weighted by Crippen LogP contribution is -2.45. The Morgan fingerprint density at radius 1 is 0.939 bits per heavy atom. The quantitative estimate of drug-likeness (QED) is 0.357. The number of nitrogens with one attached hydrogen (secondary N) is 1. The summed E-state index contributed by atoms with van der Waals surface area (Å²) in [7, 11) is 0. The number of hydrogen-bond acceptors (Lipinski definition) is 6. The molecule has 2 aromatic rings. The Labute approximate surface area is 194 Å². The fraction of sp³-hybridized carbons (Fsp3) is 0.440. The van der Waals surface area contributed by atoms with Crippen molar-refractivity contribution in [1.82, 2.24) is 5.32 Å². The monoisotopic (exact) mass is 459 g/mol. The van der Waals surface area contributed by atoms with Crippen LogP contribution in [0, 0.1) is 0 Å². The van der Waals surface area contributed by atoms with E-state index in [1.54, 1.807) is 42.5 Å². The summed E-state index contributed by atoms with van der Waals surface area (Å²) in [5, 5.41) is 22.6. The number of carbonyl (C=O) groups excluding carboxylic acids is 1. The highest BCUT2D eigenvalue weighted by molar-refractivity contribution is 5.80. The van der Waals surface area contributed by atoms with Crippen molar-refractivity contribution < 1.29 is 34.0 Å². The van der Waals surface area contributed by atoms with Crippen LogP contribution in [0.1, 0.15) is 56.8 Å². The van der Waals surface area contributed by atoms with Crippen molar-refractivity contribution >= 4 is 12.1 Å². The molecule has 0 heterocycles. The van der Waals surface area contributed by atoms with E-state index in [2.05, 4.69) is 12.2 Å². The maximum atomic E-state index is 12.2. The molecule has 1 amide bonds. The number of aliphatic hydroxyl groups is 1. The lowest BCUT2D eigenvalue weighted by Gasteiger charge is -2.22. The normalized spacial score (nSPS) is 12.5. The van der Waals surface area contributed by atoms with E-state index in [-0.39, 0.29) is 12.2 Å². The average Bonchev–Trinajstić information content (AvgIpc) is 2.82. The SMILES string of the molecule is CCCCOc1ccc([C@@H](O)[C@H](NC(=O)OCc2ccccc2)C(=O)O)cc1OCCCC. The predicted octanol–water partition coefficient (Wildman–Crippen LogP) is 4.46.